The van der Waals surface area contributed by atoms with Crippen molar-refractivity contribution in [3.8, 4) is 0 Å². The Morgan fingerprint density at radius 1 is 1.00 bits per heavy atom. The average Bonchev–Trinajstić information content (AvgIpc) is 2.28. The predicted molar refractivity (Wildman–Crippen MR) is 67.4 cm³/mol. The highest BCUT2D eigenvalue weighted by Gasteiger charge is 2.24. The Hall–Kier alpha value is 0.250. The van der Waals surface area contributed by atoms with Crippen LogP contribution in [0.3, 0.4) is 0 Å². The Balaban J connectivity index is 0.00000225. The number of hydrogen-bond donors (Lipinski definition) is 1. The highest BCUT2D eigenvalue weighted by atomic mass is 35.5. The fourth-order valence-electron chi connectivity index (χ4n) is 2.88. The quantitative estimate of drug-likeness (QED) is 0.595. The molecule has 1 rings (SSSR count). The number of quaternary nitrogens is 1. The first-order valence-electron chi connectivity index (χ1n) is 7.23. The van der Waals surface area contributed by atoms with E-state index in [4.69, 9.17) is 0 Å². The maximum atomic E-state index is 2.32. The fraction of sp³-hybridized carbons (Fsp3) is 1.00. The lowest BCUT2D eigenvalue weighted by atomic mass is 9.97. The second-order valence-corrected chi connectivity index (χ2v) is 5.20. The lowest BCUT2D eigenvalue weighted by molar-refractivity contribution is -0.931. The van der Waals surface area contributed by atoms with Crippen LogP contribution in [0.1, 0.15) is 71.6 Å². The molecule has 98 valence electrons. The molecule has 0 aromatic carbocycles. The van der Waals surface area contributed by atoms with Gasteiger partial charge in [0.2, 0.25) is 0 Å². The zero-order valence-corrected chi connectivity index (χ0v) is 12.0. The molecular weight excluding hydrogens is 218 g/mol. The van der Waals surface area contributed by atoms with Crippen molar-refractivity contribution < 1.29 is 17.3 Å². The van der Waals surface area contributed by atoms with Gasteiger partial charge in [0.25, 0.3) is 0 Å². The largest absolute Gasteiger partial charge is 1.00 e. The van der Waals surface area contributed by atoms with E-state index in [1.165, 1.54) is 70.9 Å². The van der Waals surface area contributed by atoms with Gasteiger partial charge in [-0.05, 0) is 44.9 Å². The molecule has 1 heterocycles. The minimum atomic E-state index is 0. The van der Waals surface area contributed by atoms with E-state index < -0.39 is 0 Å². The lowest BCUT2D eigenvalue weighted by Gasteiger charge is -2.32. The van der Waals surface area contributed by atoms with Crippen LogP contribution in [0.5, 0.6) is 0 Å². The van der Waals surface area contributed by atoms with Gasteiger partial charge < -0.3 is 17.3 Å². The molecule has 0 spiro atoms. The van der Waals surface area contributed by atoms with Gasteiger partial charge in [-0.2, -0.15) is 0 Å². The number of unbranched alkanes of at least 4 members (excludes halogenated alkanes) is 3. The van der Waals surface area contributed by atoms with Crippen molar-refractivity contribution in [3.63, 3.8) is 0 Å². The van der Waals surface area contributed by atoms with E-state index in [-0.39, 0.29) is 12.4 Å². The Labute approximate surface area is 108 Å². The van der Waals surface area contributed by atoms with Crippen molar-refractivity contribution >= 4 is 0 Å². The molecular formula is C14H30ClN. The van der Waals surface area contributed by atoms with Gasteiger partial charge in [0.15, 0.2) is 0 Å². The van der Waals surface area contributed by atoms with Gasteiger partial charge >= 0.3 is 0 Å². The van der Waals surface area contributed by atoms with Crippen LogP contribution in [0, 0.1) is 0 Å². The van der Waals surface area contributed by atoms with Crippen LogP contribution < -0.4 is 17.3 Å². The van der Waals surface area contributed by atoms with Gasteiger partial charge in [-0.3, -0.25) is 0 Å². The Bertz CT molecular complexity index is 150. The molecule has 0 aromatic heterocycles. The number of piperidine rings is 1. The second kappa shape index (κ2) is 10.4. The Morgan fingerprint density at radius 2 is 1.75 bits per heavy atom. The summed E-state index contributed by atoms with van der Waals surface area (Å²) >= 11 is 0. The van der Waals surface area contributed by atoms with Crippen molar-refractivity contribution in [3.05, 3.63) is 0 Å². The molecule has 1 aliphatic heterocycles. The third-order valence-corrected chi connectivity index (χ3v) is 3.89. The molecule has 2 heteroatoms. The van der Waals surface area contributed by atoms with Crippen LogP contribution in [-0.2, 0) is 0 Å². The third kappa shape index (κ3) is 6.10. The number of likely N-dealkylation sites (tertiary alicyclic amines) is 1. The van der Waals surface area contributed by atoms with Crippen LogP contribution in [-0.4, -0.2) is 19.1 Å². The maximum Gasteiger partial charge on any atom is 0.0874 e. The normalized spacial score (nSPS) is 25.1. The highest BCUT2D eigenvalue weighted by molar-refractivity contribution is 4.61. The molecule has 2 unspecified atom stereocenters. The number of halogens is 1. The summed E-state index contributed by atoms with van der Waals surface area (Å²) in [5.74, 6) is 0. The van der Waals surface area contributed by atoms with E-state index >= 15 is 0 Å². The van der Waals surface area contributed by atoms with Crippen molar-refractivity contribution in [1.29, 1.82) is 0 Å². The SMILES string of the molecule is CCCCC[NH+]1CCCCC1CCCC.[Cl-]. The van der Waals surface area contributed by atoms with Crippen LogP contribution >= 0.6 is 0 Å². The van der Waals surface area contributed by atoms with Crippen molar-refractivity contribution in [2.45, 2.75) is 77.7 Å². The average molecular weight is 248 g/mol. The van der Waals surface area contributed by atoms with Crippen LogP contribution in [0.4, 0.5) is 0 Å². The van der Waals surface area contributed by atoms with Gasteiger partial charge in [0.1, 0.15) is 0 Å². The minimum absolute atomic E-state index is 0. The van der Waals surface area contributed by atoms with Gasteiger partial charge in [0.05, 0.1) is 19.1 Å². The maximum absolute atomic E-state index is 2.32. The Morgan fingerprint density at radius 3 is 2.44 bits per heavy atom. The van der Waals surface area contributed by atoms with E-state index in [9.17, 15) is 0 Å². The Kier molecular flexibility index (Phi) is 10.6. The zero-order valence-electron chi connectivity index (χ0n) is 11.2. The third-order valence-electron chi connectivity index (χ3n) is 3.89. The molecule has 16 heavy (non-hydrogen) atoms. The van der Waals surface area contributed by atoms with Crippen molar-refractivity contribution in [1.82, 2.24) is 0 Å². The first-order chi connectivity index (χ1) is 7.38. The van der Waals surface area contributed by atoms with E-state index in [0.717, 1.165) is 6.04 Å². The summed E-state index contributed by atoms with van der Waals surface area (Å²) in [7, 11) is 0. The van der Waals surface area contributed by atoms with Gasteiger partial charge in [-0.1, -0.05) is 26.7 Å². The van der Waals surface area contributed by atoms with Gasteiger partial charge in [-0.25, -0.2) is 0 Å². The van der Waals surface area contributed by atoms with E-state index in [0.29, 0.717) is 0 Å². The van der Waals surface area contributed by atoms with Crippen LogP contribution in [0.2, 0.25) is 0 Å². The molecule has 0 bridgehead atoms. The van der Waals surface area contributed by atoms with Crippen molar-refractivity contribution in [2.75, 3.05) is 13.1 Å². The van der Waals surface area contributed by atoms with Crippen molar-refractivity contribution in [2.24, 2.45) is 0 Å². The topological polar surface area (TPSA) is 4.44 Å². The van der Waals surface area contributed by atoms with E-state index in [1.54, 1.807) is 0 Å². The summed E-state index contributed by atoms with van der Waals surface area (Å²) in [5.41, 5.74) is 0. The summed E-state index contributed by atoms with van der Waals surface area (Å²) in [6.45, 7) is 7.53. The number of rotatable bonds is 7. The summed E-state index contributed by atoms with van der Waals surface area (Å²) < 4.78 is 0. The predicted octanol–water partition coefficient (Wildman–Crippen LogP) is -0.192. The summed E-state index contributed by atoms with van der Waals surface area (Å²) in [5, 5.41) is 0. The minimum Gasteiger partial charge on any atom is -1.00 e. The smallest absolute Gasteiger partial charge is 0.0874 e. The molecule has 0 radical (unpaired) electrons. The van der Waals surface area contributed by atoms with Crippen LogP contribution in [0.25, 0.3) is 0 Å². The molecule has 0 aliphatic carbocycles. The van der Waals surface area contributed by atoms with Gasteiger partial charge in [0, 0.05) is 0 Å². The zero-order chi connectivity index (χ0) is 10.9. The molecule has 0 amide bonds. The summed E-state index contributed by atoms with van der Waals surface area (Å²) in [6.07, 6.45) is 13.0. The molecule has 1 N–H and O–H groups in total. The van der Waals surface area contributed by atoms with E-state index in [1.807, 2.05) is 4.90 Å². The molecule has 0 saturated carbocycles. The molecule has 2 atom stereocenters. The lowest BCUT2D eigenvalue weighted by Crippen LogP contribution is -3.16. The summed E-state index contributed by atoms with van der Waals surface area (Å²) in [6, 6.07) is 1.01. The molecule has 1 aliphatic rings. The first kappa shape index (κ1) is 16.2. The van der Waals surface area contributed by atoms with E-state index in [2.05, 4.69) is 13.8 Å². The van der Waals surface area contributed by atoms with Gasteiger partial charge in [-0.15, -0.1) is 0 Å². The highest BCUT2D eigenvalue weighted by Crippen LogP contribution is 2.09. The molecule has 0 aromatic rings. The first-order valence-corrected chi connectivity index (χ1v) is 7.23. The fourth-order valence-corrected chi connectivity index (χ4v) is 2.88. The molecule has 1 saturated heterocycles. The number of nitrogens with one attached hydrogen (secondary N) is 1. The monoisotopic (exact) mass is 247 g/mol. The standard InChI is InChI=1S/C14H29N.ClH/c1-3-5-8-12-15-13-9-7-11-14(15)10-6-4-2;/h14H,3-13H2,1-2H3;1H. The van der Waals surface area contributed by atoms with Crippen LogP contribution in [0.15, 0.2) is 0 Å². The summed E-state index contributed by atoms with van der Waals surface area (Å²) in [4.78, 5) is 1.93. The number of hydrogen-bond acceptors (Lipinski definition) is 0. The second-order valence-electron chi connectivity index (χ2n) is 5.20. The molecule has 1 fully saturated rings. The molecule has 1 nitrogen and oxygen atoms in total.